The lowest BCUT2D eigenvalue weighted by Crippen LogP contribution is -2.22. The number of hydrogen-bond donors (Lipinski definition) is 2. The number of amides is 1. The Labute approximate surface area is 128 Å². The second kappa shape index (κ2) is 5.42. The Morgan fingerprint density at radius 3 is 3.00 bits per heavy atom. The summed E-state index contributed by atoms with van der Waals surface area (Å²) < 4.78 is 14.0. The van der Waals surface area contributed by atoms with E-state index in [9.17, 15) is 9.18 Å². The minimum Gasteiger partial charge on any atom is -0.397 e. The quantitative estimate of drug-likeness (QED) is 0.777. The standard InChI is InChI=1S/C14H12FN3OS2/c1-7-18-9(6-20-7)5-17-14(19)13-12(16)10-4-8(15)2-3-11(10)21-13/h2-4,6H,5,16H2,1H3,(H,17,19). The first-order valence-electron chi connectivity index (χ1n) is 6.21. The lowest BCUT2D eigenvalue weighted by atomic mass is 10.2. The van der Waals surface area contributed by atoms with Gasteiger partial charge in [-0.1, -0.05) is 0 Å². The summed E-state index contributed by atoms with van der Waals surface area (Å²) in [7, 11) is 0. The molecule has 1 amide bonds. The van der Waals surface area contributed by atoms with Gasteiger partial charge in [-0.3, -0.25) is 4.79 Å². The van der Waals surface area contributed by atoms with Crippen LogP contribution in [0.2, 0.25) is 0 Å². The maximum absolute atomic E-state index is 13.2. The molecular formula is C14H12FN3OS2. The Balaban J connectivity index is 1.82. The number of anilines is 1. The van der Waals surface area contributed by atoms with E-state index in [-0.39, 0.29) is 11.7 Å². The minimum atomic E-state index is -0.364. The molecule has 1 aromatic carbocycles. The van der Waals surface area contributed by atoms with Crippen molar-refractivity contribution in [2.75, 3.05) is 5.73 Å². The van der Waals surface area contributed by atoms with Crippen molar-refractivity contribution >= 4 is 44.4 Å². The molecule has 0 saturated heterocycles. The molecule has 3 N–H and O–H groups in total. The number of nitrogen functional groups attached to an aromatic ring is 1. The second-order valence-corrected chi connectivity index (χ2v) is 6.64. The average Bonchev–Trinajstić information content (AvgIpc) is 3.01. The van der Waals surface area contributed by atoms with E-state index in [1.54, 1.807) is 6.07 Å². The molecule has 3 rings (SSSR count). The van der Waals surface area contributed by atoms with Crippen LogP contribution < -0.4 is 11.1 Å². The van der Waals surface area contributed by atoms with Crippen LogP contribution in [0.25, 0.3) is 10.1 Å². The van der Waals surface area contributed by atoms with Gasteiger partial charge in [0.25, 0.3) is 5.91 Å². The van der Waals surface area contributed by atoms with Gasteiger partial charge in [-0.15, -0.1) is 22.7 Å². The van der Waals surface area contributed by atoms with Crippen LogP contribution in [0.5, 0.6) is 0 Å². The predicted octanol–water partition coefficient (Wildman–Crippen LogP) is 3.32. The summed E-state index contributed by atoms with van der Waals surface area (Å²) in [6.07, 6.45) is 0. The Kier molecular flexibility index (Phi) is 3.60. The van der Waals surface area contributed by atoms with Gasteiger partial charge in [0.05, 0.1) is 22.9 Å². The van der Waals surface area contributed by atoms with Gasteiger partial charge in [0, 0.05) is 15.5 Å². The summed E-state index contributed by atoms with van der Waals surface area (Å²) >= 11 is 2.79. The van der Waals surface area contributed by atoms with Crippen LogP contribution in [0.4, 0.5) is 10.1 Å². The molecule has 0 unspecified atom stereocenters. The number of thiophene rings is 1. The van der Waals surface area contributed by atoms with Crippen LogP contribution in [0.3, 0.4) is 0 Å². The molecule has 0 aliphatic heterocycles. The fourth-order valence-corrected chi connectivity index (χ4v) is 3.63. The second-order valence-electron chi connectivity index (χ2n) is 4.53. The molecule has 2 heterocycles. The highest BCUT2D eigenvalue weighted by atomic mass is 32.1. The number of fused-ring (bicyclic) bond motifs is 1. The van der Waals surface area contributed by atoms with Gasteiger partial charge in [-0.25, -0.2) is 9.37 Å². The summed E-state index contributed by atoms with van der Waals surface area (Å²) in [6.45, 7) is 2.26. The average molecular weight is 321 g/mol. The molecule has 0 saturated carbocycles. The van der Waals surface area contributed by atoms with Crippen molar-refractivity contribution in [3.8, 4) is 0 Å². The SMILES string of the molecule is Cc1nc(CNC(=O)c2sc3ccc(F)cc3c2N)cs1. The molecule has 0 radical (unpaired) electrons. The van der Waals surface area contributed by atoms with Gasteiger partial charge in [-0.05, 0) is 25.1 Å². The van der Waals surface area contributed by atoms with Gasteiger partial charge in [-0.2, -0.15) is 0 Å². The maximum Gasteiger partial charge on any atom is 0.263 e. The number of aromatic nitrogens is 1. The molecule has 0 bridgehead atoms. The highest BCUT2D eigenvalue weighted by molar-refractivity contribution is 7.21. The number of hydrogen-bond acceptors (Lipinski definition) is 5. The summed E-state index contributed by atoms with van der Waals surface area (Å²) in [6, 6.07) is 4.34. The summed E-state index contributed by atoms with van der Waals surface area (Å²) in [4.78, 5) is 16.9. The zero-order valence-electron chi connectivity index (χ0n) is 11.1. The van der Waals surface area contributed by atoms with E-state index in [2.05, 4.69) is 10.3 Å². The molecule has 0 spiro atoms. The van der Waals surface area contributed by atoms with Crippen molar-refractivity contribution in [3.05, 3.63) is 45.0 Å². The fraction of sp³-hybridized carbons (Fsp3) is 0.143. The highest BCUT2D eigenvalue weighted by Crippen LogP contribution is 2.33. The molecule has 7 heteroatoms. The number of halogens is 1. The van der Waals surface area contributed by atoms with Crippen LogP contribution >= 0.6 is 22.7 Å². The first kappa shape index (κ1) is 14.0. The van der Waals surface area contributed by atoms with E-state index in [1.165, 1.54) is 34.8 Å². The summed E-state index contributed by atoms with van der Waals surface area (Å²) in [5, 5.41) is 6.22. The Morgan fingerprint density at radius 1 is 1.48 bits per heavy atom. The van der Waals surface area contributed by atoms with Crippen molar-refractivity contribution in [1.82, 2.24) is 10.3 Å². The molecular weight excluding hydrogens is 309 g/mol. The number of aryl methyl sites for hydroxylation is 1. The number of carbonyl (C=O) groups excluding carboxylic acids is 1. The molecule has 108 valence electrons. The zero-order valence-corrected chi connectivity index (χ0v) is 12.8. The third-order valence-corrected chi connectivity index (χ3v) is 5.00. The van der Waals surface area contributed by atoms with Gasteiger partial charge >= 0.3 is 0 Å². The van der Waals surface area contributed by atoms with Gasteiger partial charge in [0.15, 0.2) is 0 Å². The largest absolute Gasteiger partial charge is 0.397 e. The van der Waals surface area contributed by atoms with Crippen molar-refractivity contribution in [2.24, 2.45) is 0 Å². The van der Waals surface area contributed by atoms with E-state index in [4.69, 9.17) is 5.73 Å². The third kappa shape index (κ3) is 2.74. The molecule has 0 atom stereocenters. The Morgan fingerprint density at radius 2 is 2.29 bits per heavy atom. The first-order chi connectivity index (χ1) is 10.0. The molecule has 21 heavy (non-hydrogen) atoms. The van der Waals surface area contributed by atoms with Crippen LogP contribution in [0, 0.1) is 12.7 Å². The molecule has 0 aliphatic carbocycles. The van der Waals surface area contributed by atoms with E-state index in [0.717, 1.165) is 15.4 Å². The van der Waals surface area contributed by atoms with E-state index in [1.807, 2.05) is 12.3 Å². The number of carbonyl (C=O) groups is 1. The number of thiazole rings is 1. The van der Waals surface area contributed by atoms with Crippen LogP contribution in [-0.4, -0.2) is 10.9 Å². The lowest BCUT2D eigenvalue weighted by molar-refractivity contribution is 0.0955. The fourth-order valence-electron chi connectivity index (χ4n) is 2.00. The van der Waals surface area contributed by atoms with E-state index < -0.39 is 0 Å². The van der Waals surface area contributed by atoms with Crippen LogP contribution in [0.1, 0.15) is 20.4 Å². The normalized spacial score (nSPS) is 11.0. The monoisotopic (exact) mass is 321 g/mol. The number of rotatable bonds is 3. The van der Waals surface area contributed by atoms with Crippen molar-refractivity contribution in [3.63, 3.8) is 0 Å². The van der Waals surface area contributed by atoms with E-state index in [0.29, 0.717) is 22.5 Å². The third-order valence-electron chi connectivity index (χ3n) is 2.99. The predicted molar refractivity (Wildman–Crippen MR) is 84.2 cm³/mol. The molecule has 2 aromatic heterocycles. The summed E-state index contributed by atoms with van der Waals surface area (Å²) in [5.41, 5.74) is 7.09. The smallest absolute Gasteiger partial charge is 0.263 e. The molecule has 0 fully saturated rings. The van der Waals surface area contributed by atoms with Gasteiger partial charge in [0.2, 0.25) is 0 Å². The van der Waals surface area contributed by atoms with Crippen molar-refractivity contribution < 1.29 is 9.18 Å². The number of benzene rings is 1. The maximum atomic E-state index is 13.2. The minimum absolute atomic E-state index is 0.264. The molecule has 3 aromatic rings. The lowest BCUT2D eigenvalue weighted by Gasteiger charge is -2.02. The Bertz CT molecular complexity index is 825. The van der Waals surface area contributed by atoms with Crippen LogP contribution in [0.15, 0.2) is 23.6 Å². The van der Waals surface area contributed by atoms with E-state index >= 15 is 0 Å². The topological polar surface area (TPSA) is 68.0 Å². The Hall–Kier alpha value is -1.99. The number of nitrogens with one attached hydrogen (secondary N) is 1. The first-order valence-corrected chi connectivity index (χ1v) is 7.91. The number of nitrogens with two attached hydrogens (primary N) is 1. The van der Waals surface area contributed by atoms with Gasteiger partial charge in [0.1, 0.15) is 10.7 Å². The van der Waals surface area contributed by atoms with Gasteiger partial charge < -0.3 is 11.1 Å². The van der Waals surface area contributed by atoms with Crippen LogP contribution in [-0.2, 0) is 6.54 Å². The van der Waals surface area contributed by atoms with Crippen molar-refractivity contribution in [1.29, 1.82) is 0 Å². The zero-order chi connectivity index (χ0) is 15.0. The molecule has 0 aliphatic rings. The highest BCUT2D eigenvalue weighted by Gasteiger charge is 2.16. The van der Waals surface area contributed by atoms with Crippen molar-refractivity contribution in [2.45, 2.75) is 13.5 Å². The summed E-state index contributed by atoms with van der Waals surface area (Å²) in [5.74, 6) is -0.628. The molecule has 4 nitrogen and oxygen atoms in total. The number of nitrogens with zero attached hydrogens (tertiary/aromatic N) is 1.